The maximum atomic E-state index is 13.9. The van der Waals surface area contributed by atoms with Crippen molar-refractivity contribution in [3.05, 3.63) is 29.1 Å². The van der Waals surface area contributed by atoms with E-state index >= 15 is 0 Å². The van der Waals surface area contributed by atoms with Gasteiger partial charge in [0.05, 0.1) is 0 Å². The molecule has 17 heavy (non-hydrogen) atoms. The number of hydrogen-bond acceptors (Lipinski definition) is 2. The second-order valence-corrected chi connectivity index (χ2v) is 4.36. The molecule has 0 saturated carbocycles. The van der Waals surface area contributed by atoms with Crippen LogP contribution in [0, 0.1) is 5.82 Å². The van der Waals surface area contributed by atoms with Gasteiger partial charge in [-0.25, -0.2) is 4.39 Å². The average Bonchev–Trinajstić information content (AvgIpc) is 2.28. The Morgan fingerprint density at radius 3 is 2.94 bits per heavy atom. The van der Waals surface area contributed by atoms with Gasteiger partial charge in [-0.3, -0.25) is 4.79 Å². The molecule has 1 aromatic rings. The van der Waals surface area contributed by atoms with Gasteiger partial charge in [0.25, 0.3) is 0 Å². The third-order valence-electron chi connectivity index (χ3n) is 3.09. The van der Waals surface area contributed by atoms with Gasteiger partial charge in [0, 0.05) is 23.7 Å². The van der Waals surface area contributed by atoms with E-state index in [4.69, 9.17) is 0 Å². The number of anilines is 1. The number of benzene rings is 1. The first-order valence-corrected chi connectivity index (χ1v) is 5.97. The highest BCUT2D eigenvalue weighted by atomic mass is 19.1. The van der Waals surface area contributed by atoms with Crippen LogP contribution in [0.5, 0.6) is 0 Å². The number of fused-ring (bicyclic) bond motifs is 1. The molecule has 1 aromatic carbocycles. The summed E-state index contributed by atoms with van der Waals surface area (Å²) < 4.78 is 13.9. The Labute approximate surface area is 100 Å². The zero-order valence-corrected chi connectivity index (χ0v) is 10.1. The molecule has 0 spiro atoms. The topological polar surface area (TPSA) is 41.1 Å². The molecule has 2 N–H and O–H groups in total. The lowest BCUT2D eigenvalue weighted by Gasteiger charge is -2.21. The predicted octanol–water partition coefficient (Wildman–Crippen LogP) is 2.38. The number of amides is 1. The monoisotopic (exact) mass is 236 g/mol. The zero-order chi connectivity index (χ0) is 12.4. The van der Waals surface area contributed by atoms with Gasteiger partial charge < -0.3 is 10.6 Å². The van der Waals surface area contributed by atoms with Crippen LogP contribution in [0.1, 0.15) is 37.4 Å². The van der Waals surface area contributed by atoms with E-state index in [9.17, 15) is 9.18 Å². The van der Waals surface area contributed by atoms with Crippen LogP contribution in [-0.2, 0) is 11.2 Å². The Kier molecular flexibility index (Phi) is 3.43. The molecular weight excluding hydrogens is 219 g/mol. The van der Waals surface area contributed by atoms with Crippen molar-refractivity contribution in [2.75, 3.05) is 11.9 Å². The third kappa shape index (κ3) is 2.47. The SMILES string of the molecule is CCNC(C)c1cc2c(cc1F)NC(=O)CC2. The molecule has 0 aliphatic carbocycles. The van der Waals surface area contributed by atoms with Crippen molar-refractivity contribution >= 4 is 11.6 Å². The lowest BCUT2D eigenvalue weighted by molar-refractivity contribution is -0.116. The minimum atomic E-state index is -0.264. The Hall–Kier alpha value is -1.42. The number of halogens is 1. The predicted molar refractivity (Wildman–Crippen MR) is 65.4 cm³/mol. The van der Waals surface area contributed by atoms with Gasteiger partial charge in [-0.15, -0.1) is 0 Å². The fourth-order valence-corrected chi connectivity index (χ4v) is 2.17. The van der Waals surface area contributed by atoms with E-state index in [0.717, 1.165) is 12.1 Å². The number of hydrogen-bond donors (Lipinski definition) is 2. The Balaban J connectivity index is 2.34. The van der Waals surface area contributed by atoms with Gasteiger partial charge in [0.1, 0.15) is 5.82 Å². The zero-order valence-electron chi connectivity index (χ0n) is 10.1. The largest absolute Gasteiger partial charge is 0.326 e. The highest BCUT2D eigenvalue weighted by Gasteiger charge is 2.19. The molecule has 3 nitrogen and oxygen atoms in total. The van der Waals surface area contributed by atoms with Crippen LogP contribution in [0.3, 0.4) is 0 Å². The molecule has 92 valence electrons. The highest BCUT2D eigenvalue weighted by Crippen LogP contribution is 2.28. The molecule has 1 aliphatic rings. The van der Waals surface area contributed by atoms with E-state index in [-0.39, 0.29) is 17.8 Å². The molecule has 0 saturated heterocycles. The molecule has 1 atom stereocenters. The van der Waals surface area contributed by atoms with Gasteiger partial charge >= 0.3 is 0 Å². The molecule has 1 aliphatic heterocycles. The summed E-state index contributed by atoms with van der Waals surface area (Å²) in [6.07, 6.45) is 1.17. The van der Waals surface area contributed by atoms with Gasteiger partial charge in [-0.1, -0.05) is 6.92 Å². The average molecular weight is 236 g/mol. The van der Waals surface area contributed by atoms with E-state index in [0.29, 0.717) is 24.1 Å². The fraction of sp³-hybridized carbons (Fsp3) is 0.462. The lowest BCUT2D eigenvalue weighted by atomic mass is 9.97. The maximum absolute atomic E-state index is 13.9. The van der Waals surface area contributed by atoms with Crippen molar-refractivity contribution in [3.8, 4) is 0 Å². The van der Waals surface area contributed by atoms with Crippen LogP contribution < -0.4 is 10.6 Å². The number of carbonyl (C=O) groups is 1. The second kappa shape index (κ2) is 4.84. The van der Waals surface area contributed by atoms with E-state index in [1.165, 1.54) is 6.07 Å². The smallest absolute Gasteiger partial charge is 0.224 e. The van der Waals surface area contributed by atoms with Crippen molar-refractivity contribution in [3.63, 3.8) is 0 Å². The van der Waals surface area contributed by atoms with E-state index in [2.05, 4.69) is 10.6 Å². The standard InChI is InChI=1S/C13H17FN2O/c1-3-15-8(2)10-6-9-4-5-13(17)16-12(9)7-11(10)14/h6-8,15H,3-5H2,1-2H3,(H,16,17). The van der Waals surface area contributed by atoms with Crippen LogP contribution in [0.2, 0.25) is 0 Å². The van der Waals surface area contributed by atoms with Crippen molar-refractivity contribution in [1.29, 1.82) is 0 Å². The van der Waals surface area contributed by atoms with Gasteiger partial charge in [0.2, 0.25) is 5.91 Å². The Bertz CT molecular complexity index is 445. The summed E-state index contributed by atoms with van der Waals surface area (Å²) in [6, 6.07) is 3.27. The quantitative estimate of drug-likeness (QED) is 0.846. The van der Waals surface area contributed by atoms with Gasteiger partial charge in [-0.05, 0) is 37.6 Å². The van der Waals surface area contributed by atoms with Crippen molar-refractivity contribution in [2.24, 2.45) is 0 Å². The first kappa shape index (κ1) is 12.0. The van der Waals surface area contributed by atoms with E-state index < -0.39 is 0 Å². The minimum absolute atomic E-state index is 0.0112. The molecule has 0 radical (unpaired) electrons. The first-order valence-electron chi connectivity index (χ1n) is 5.97. The summed E-state index contributed by atoms with van der Waals surface area (Å²) in [7, 11) is 0. The fourth-order valence-electron chi connectivity index (χ4n) is 2.17. The molecule has 4 heteroatoms. The number of carbonyl (C=O) groups excluding carboxylic acids is 1. The molecule has 0 bridgehead atoms. The van der Waals surface area contributed by atoms with E-state index in [1.807, 2.05) is 19.9 Å². The molecule has 1 amide bonds. The van der Waals surface area contributed by atoms with Gasteiger partial charge in [-0.2, -0.15) is 0 Å². The maximum Gasteiger partial charge on any atom is 0.224 e. The summed E-state index contributed by atoms with van der Waals surface area (Å²) >= 11 is 0. The number of aryl methyl sites for hydroxylation is 1. The van der Waals surface area contributed by atoms with E-state index in [1.54, 1.807) is 0 Å². The molecule has 0 aromatic heterocycles. The Morgan fingerprint density at radius 1 is 1.47 bits per heavy atom. The van der Waals surface area contributed by atoms with Crippen LogP contribution in [0.25, 0.3) is 0 Å². The minimum Gasteiger partial charge on any atom is -0.326 e. The molecule has 2 rings (SSSR count). The molecular formula is C13H17FN2O. The second-order valence-electron chi connectivity index (χ2n) is 4.36. The van der Waals surface area contributed by atoms with Crippen molar-refractivity contribution in [1.82, 2.24) is 5.32 Å². The summed E-state index contributed by atoms with van der Waals surface area (Å²) in [6.45, 7) is 4.73. The van der Waals surface area contributed by atoms with Gasteiger partial charge in [0.15, 0.2) is 0 Å². The number of rotatable bonds is 3. The summed E-state index contributed by atoms with van der Waals surface area (Å²) in [5.41, 5.74) is 2.30. The highest BCUT2D eigenvalue weighted by molar-refractivity contribution is 5.93. The molecule has 1 unspecified atom stereocenters. The van der Waals surface area contributed by atoms with Crippen LogP contribution >= 0.6 is 0 Å². The van der Waals surface area contributed by atoms with Crippen molar-refractivity contribution < 1.29 is 9.18 Å². The number of nitrogens with one attached hydrogen (secondary N) is 2. The lowest BCUT2D eigenvalue weighted by Crippen LogP contribution is -2.22. The summed E-state index contributed by atoms with van der Waals surface area (Å²) in [4.78, 5) is 11.2. The van der Waals surface area contributed by atoms with Crippen LogP contribution in [0.4, 0.5) is 10.1 Å². The summed E-state index contributed by atoms with van der Waals surface area (Å²) in [5.74, 6) is -0.302. The van der Waals surface area contributed by atoms with Crippen LogP contribution in [0.15, 0.2) is 12.1 Å². The summed E-state index contributed by atoms with van der Waals surface area (Å²) in [5, 5.41) is 5.89. The third-order valence-corrected chi connectivity index (χ3v) is 3.09. The normalized spacial score (nSPS) is 16.3. The molecule has 0 fully saturated rings. The first-order chi connectivity index (χ1) is 8.11. The van der Waals surface area contributed by atoms with Crippen molar-refractivity contribution in [2.45, 2.75) is 32.7 Å². The Morgan fingerprint density at radius 2 is 2.24 bits per heavy atom. The van der Waals surface area contributed by atoms with Crippen LogP contribution in [-0.4, -0.2) is 12.5 Å². The molecule has 1 heterocycles.